The third kappa shape index (κ3) is 5.28. The molecule has 8 nitrogen and oxygen atoms in total. The molecule has 1 aromatic heterocycles. The molecule has 4 atom stereocenters. The molecule has 1 unspecified atom stereocenters. The van der Waals surface area contributed by atoms with Gasteiger partial charge in [-0.25, -0.2) is 18.7 Å². The Kier molecular flexibility index (Phi) is 7.72. The van der Waals surface area contributed by atoms with E-state index in [9.17, 15) is 9.18 Å². The SMILES string of the molecule is COC[C@]12C[C@H]1[C@@](C)(c1cc(NC(=O)c3cnc(OCC(C)CCCl)cn3)cc(F)c1F)N=C(N)S2. The maximum Gasteiger partial charge on any atom is 0.275 e. The number of halogens is 3. The zero-order chi connectivity index (χ0) is 26.1. The van der Waals surface area contributed by atoms with Gasteiger partial charge in [0, 0.05) is 36.2 Å². The summed E-state index contributed by atoms with van der Waals surface area (Å²) in [5.74, 6) is -1.81. The average molecular weight is 540 g/mol. The van der Waals surface area contributed by atoms with Crippen molar-refractivity contribution in [2.75, 3.05) is 31.5 Å². The normalized spacial score (nSPS) is 25.5. The monoisotopic (exact) mass is 539 g/mol. The van der Waals surface area contributed by atoms with Gasteiger partial charge in [-0.2, -0.15) is 0 Å². The summed E-state index contributed by atoms with van der Waals surface area (Å²) in [6.45, 7) is 4.56. The lowest BCUT2D eigenvalue weighted by Gasteiger charge is -2.34. The number of methoxy groups -OCH3 is 1. The van der Waals surface area contributed by atoms with Gasteiger partial charge in [0.2, 0.25) is 5.88 Å². The van der Waals surface area contributed by atoms with Crippen molar-refractivity contribution in [1.29, 1.82) is 0 Å². The first-order valence-electron chi connectivity index (χ1n) is 11.5. The van der Waals surface area contributed by atoms with Crippen LogP contribution in [0.4, 0.5) is 14.5 Å². The van der Waals surface area contributed by atoms with Gasteiger partial charge in [-0.05, 0) is 31.7 Å². The highest BCUT2D eigenvalue weighted by Crippen LogP contribution is 2.66. The fourth-order valence-electron chi connectivity index (χ4n) is 4.56. The fraction of sp³-hybridized carbons (Fsp3) is 0.500. The second-order valence-corrected chi connectivity index (χ2v) is 11.2. The molecule has 2 aliphatic rings. The molecule has 0 spiro atoms. The number of alkyl halides is 1. The van der Waals surface area contributed by atoms with E-state index in [4.69, 9.17) is 26.8 Å². The number of hydrogen-bond acceptors (Lipinski definition) is 8. The molecule has 4 rings (SSSR count). The lowest BCUT2D eigenvalue weighted by Crippen LogP contribution is -2.38. The lowest BCUT2D eigenvalue weighted by molar-refractivity contribution is 0.102. The number of fused-ring (bicyclic) bond motifs is 1. The van der Waals surface area contributed by atoms with Crippen molar-refractivity contribution >= 4 is 40.1 Å². The first kappa shape index (κ1) is 26.6. The number of hydrogen-bond donors (Lipinski definition) is 2. The first-order valence-corrected chi connectivity index (χ1v) is 12.8. The Morgan fingerprint density at radius 1 is 1.36 bits per heavy atom. The maximum absolute atomic E-state index is 15.0. The Hall–Kier alpha value is -2.50. The molecule has 1 amide bonds. The number of nitrogens with two attached hydrogens (primary N) is 1. The zero-order valence-corrected chi connectivity index (χ0v) is 21.8. The number of nitrogens with zero attached hydrogens (tertiary/aromatic N) is 3. The van der Waals surface area contributed by atoms with Crippen LogP contribution in [0.2, 0.25) is 0 Å². The van der Waals surface area contributed by atoms with E-state index >= 15 is 4.39 Å². The summed E-state index contributed by atoms with van der Waals surface area (Å²) in [6.07, 6.45) is 4.08. The minimum atomic E-state index is -1.11. The number of carbonyl (C=O) groups excluding carboxylic acids is 1. The van der Waals surface area contributed by atoms with Crippen molar-refractivity contribution in [3.05, 3.63) is 47.4 Å². The van der Waals surface area contributed by atoms with Crippen molar-refractivity contribution in [3.63, 3.8) is 0 Å². The van der Waals surface area contributed by atoms with Crippen LogP contribution in [0.15, 0.2) is 29.5 Å². The smallest absolute Gasteiger partial charge is 0.275 e. The van der Waals surface area contributed by atoms with Gasteiger partial charge in [-0.1, -0.05) is 18.7 Å². The van der Waals surface area contributed by atoms with Gasteiger partial charge in [-0.3, -0.25) is 9.79 Å². The summed E-state index contributed by atoms with van der Waals surface area (Å²) in [5, 5.41) is 2.85. The summed E-state index contributed by atoms with van der Waals surface area (Å²) < 4.78 is 40.3. The van der Waals surface area contributed by atoms with Gasteiger partial charge in [0.25, 0.3) is 5.91 Å². The molecule has 3 N–H and O–H groups in total. The molecular weight excluding hydrogens is 512 g/mol. The average Bonchev–Trinajstić information content (AvgIpc) is 3.55. The molecule has 36 heavy (non-hydrogen) atoms. The fourth-order valence-corrected chi connectivity index (χ4v) is 6.38. The van der Waals surface area contributed by atoms with Crippen LogP contribution in [0.3, 0.4) is 0 Å². The predicted octanol–water partition coefficient (Wildman–Crippen LogP) is 4.33. The predicted molar refractivity (Wildman–Crippen MR) is 136 cm³/mol. The van der Waals surface area contributed by atoms with E-state index in [1.165, 1.54) is 30.2 Å². The van der Waals surface area contributed by atoms with Crippen LogP contribution in [-0.4, -0.2) is 52.0 Å². The Labute approximate surface area is 217 Å². The number of thioether (sulfide) groups is 1. The highest BCUT2D eigenvalue weighted by atomic mass is 35.5. The number of nitrogens with one attached hydrogen (secondary N) is 1. The molecule has 1 aromatic carbocycles. The molecule has 0 bridgehead atoms. The van der Waals surface area contributed by atoms with Crippen LogP contribution in [0.1, 0.15) is 42.7 Å². The zero-order valence-electron chi connectivity index (χ0n) is 20.2. The van der Waals surface area contributed by atoms with Crippen LogP contribution in [0, 0.1) is 23.5 Å². The molecule has 2 heterocycles. The van der Waals surface area contributed by atoms with Gasteiger partial charge >= 0.3 is 0 Å². The topological polar surface area (TPSA) is 112 Å². The van der Waals surface area contributed by atoms with E-state index in [2.05, 4.69) is 20.3 Å². The van der Waals surface area contributed by atoms with Crippen LogP contribution in [0.5, 0.6) is 5.88 Å². The molecule has 1 saturated carbocycles. The summed E-state index contributed by atoms with van der Waals surface area (Å²) in [5.41, 5.74) is 5.03. The van der Waals surface area contributed by atoms with Gasteiger partial charge in [0.15, 0.2) is 16.8 Å². The highest BCUT2D eigenvalue weighted by Gasteiger charge is 2.66. The summed E-state index contributed by atoms with van der Waals surface area (Å²) in [6, 6.07) is 2.31. The van der Waals surface area contributed by atoms with E-state index in [1.807, 2.05) is 6.92 Å². The minimum Gasteiger partial charge on any atom is -0.476 e. The third-order valence-electron chi connectivity index (χ3n) is 6.55. The van der Waals surface area contributed by atoms with E-state index in [1.54, 1.807) is 14.0 Å². The number of amides is 1. The van der Waals surface area contributed by atoms with Crippen molar-refractivity contribution in [2.45, 2.75) is 37.0 Å². The molecule has 1 fully saturated rings. The highest BCUT2D eigenvalue weighted by molar-refractivity contribution is 8.15. The maximum atomic E-state index is 15.0. The number of aromatic nitrogens is 2. The Bertz CT molecular complexity index is 1170. The van der Waals surface area contributed by atoms with E-state index in [-0.39, 0.29) is 44.6 Å². The Morgan fingerprint density at radius 3 is 2.81 bits per heavy atom. The molecule has 0 radical (unpaired) electrons. The number of anilines is 1. The summed E-state index contributed by atoms with van der Waals surface area (Å²) in [7, 11) is 1.59. The Balaban J connectivity index is 1.52. The third-order valence-corrected chi connectivity index (χ3v) is 8.05. The van der Waals surface area contributed by atoms with E-state index in [0.717, 1.165) is 12.5 Å². The standard InChI is InChI=1S/C24H28ClF2N5O3S/c1-13(4-5-25)11-35-19-10-29-17(9-30-19)21(33)31-14-6-15(20(27)16(26)7-14)23(2)18-8-24(18,12-34-3)36-22(28)32-23/h6-7,9-10,13,18H,4-5,8,11-12H2,1-3H3,(H2,28,32)(H,31,33)/t13?,18-,23+,24+/m0/s1. The van der Waals surface area contributed by atoms with E-state index < -0.39 is 23.1 Å². The van der Waals surface area contributed by atoms with Gasteiger partial charge < -0.3 is 20.5 Å². The largest absolute Gasteiger partial charge is 0.476 e. The van der Waals surface area contributed by atoms with Crippen molar-refractivity contribution in [2.24, 2.45) is 22.6 Å². The van der Waals surface area contributed by atoms with Crippen LogP contribution in [0.25, 0.3) is 0 Å². The number of rotatable bonds is 10. The van der Waals surface area contributed by atoms with Gasteiger partial charge in [0.05, 0.1) is 35.9 Å². The number of carbonyl (C=O) groups is 1. The van der Waals surface area contributed by atoms with E-state index in [0.29, 0.717) is 25.5 Å². The first-order chi connectivity index (χ1) is 17.1. The molecule has 0 saturated heterocycles. The van der Waals surface area contributed by atoms with Crippen molar-refractivity contribution < 1.29 is 23.0 Å². The Morgan fingerprint density at radius 2 is 2.14 bits per heavy atom. The molecule has 2 aromatic rings. The molecule has 1 aliphatic heterocycles. The molecule has 194 valence electrons. The molecule has 1 aliphatic carbocycles. The number of aliphatic imine (C=N–C) groups is 1. The van der Waals surface area contributed by atoms with Crippen molar-refractivity contribution in [3.8, 4) is 5.88 Å². The number of benzene rings is 1. The molecule has 12 heteroatoms. The molecular formula is C24H28ClF2N5O3S. The number of amidine groups is 1. The lowest BCUT2D eigenvalue weighted by atomic mass is 9.85. The summed E-state index contributed by atoms with van der Waals surface area (Å²) in [4.78, 5) is 25.4. The van der Waals surface area contributed by atoms with Crippen LogP contribution >= 0.6 is 23.4 Å². The quantitative estimate of drug-likeness (QED) is 0.432. The second kappa shape index (κ2) is 10.5. The van der Waals surface area contributed by atoms with Crippen molar-refractivity contribution in [1.82, 2.24) is 9.97 Å². The summed E-state index contributed by atoms with van der Waals surface area (Å²) >= 11 is 7.12. The second-order valence-electron chi connectivity index (χ2n) is 9.36. The van der Waals surface area contributed by atoms with Gasteiger partial charge in [-0.15, -0.1) is 11.6 Å². The van der Waals surface area contributed by atoms with Crippen LogP contribution < -0.4 is 15.8 Å². The minimum absolute atomic E-state index is 0.00807. The van der Waals surface area contributed by atoms with Gasteiger partial charge in [0.1, 0.15) is 5.69 Å². The van der Waals surface area contributed by atoms with Crippen LogP contribution in [-0.2, 0) is 10.3 Å². The number of ether oxygens (including phenoxy) is 2.